The smallest absolute Gasteiger partial charge is 0.161 e. The molecule has 23 heavy (non-hydrogen) atoms. The summed E-state index contributed by atoms with van der Waals surface area (Å²) in [6, 6.07) is 10.8. The lowest BCUT2D eigenvalue weighted by molar-refractivity contribution is 0.198. The van der Waals surface area contributed by atoms with E-state index in [9.17, 15) is 5.11 Å². The molecule has 1 atom stereocenters. The molecular weight excluding hydrogens is 296 g/mol. The number of aliphatic hydroxyl groups excluding tert-OH is 2. The van der Waals surface area contributed by atoms with E-state index in [1.807, 2.05) is 12.1 Å². The highest BCUT2D eigenvalue weighted by Crippen LogP contribution is 2.30. The minimum Gasteiger partial charge on any atom is -0.496 e. The maximum absolute atomic E-state index is 9.64. The van der Waals surface area contributed by atoms with Gasteiger partial charge in [0, 0.05) is 5.56 Å². The molecule has 0 aliphatic rings. The Morgan fingerprint density at radius 1 is 0.957 bits per heavy atom. The highest BCUT2D eigenvalue weighted by molar-refractivity contribution is 5.44. The van der Waals surface area contributed by atoms with E-state index in [4.69, 9.17) is 19.3 Å². The summed E-state index contributed by atoms with van der Waals surface area (Å²) in [5, 5.41) is 18.8. The van der Waals surface area contributed by atoms with E-state index in [1.165, 1.54) is 0 Å². The number of hydrogen-bond donors (Lipinski definition) is 2. The summed E-state index contributed by atoms with van der Waals surface area (Å²) >= 11 is 0. The molecule has 0 heterocycles. The fourth-order valence-electron chi connectivity index (χ4n) is 2.23. The number of benzene rings is 2. The highest BCUT2D eigenvalue weighted by atomic mass is 16.5. The molecule has 0 fully saturated rings. The third-order valence-electron chi connectivity index (χ3n) is 3.59. The molecule has 2 N–H and O–H groups in total. The first kappa shape index (κ1) is 17.1. The van der Waals surface area contributed by atoms with Crippen molar-refractivity contribution >= 4 is 0 Å². The first-order valence-corrected chi connectivity index (χ1v) is 7.34. The van der Waals surface area contributed by atoms with Crippen molar-refractivity contribution in [2.75, 3.05) is 14.2 Å². The van der Waals surface area contributed by atoms with Crippen LogP contribution in [0.2, 0.25) is 0 Å². The minimum absolute atomic E-state index is 0.0503. The Labute approximate surface area is 136 Å². The van der Waals surface area contributed by atoms with Gasteiger partial charge in [0.15, 0.2) is 11.5 Å². The zero-order valence-electron chi connectivity index (χ0n) is 13.6. The van der Waals surface area contributed by atoms with Crippen molar-refractivity contribution in [1.29, 1.82) is 0 Å². The number of aliphatic hydroxyl groups is 2. The van der Waals surface area contributed by atoms with Crippen molar-refractivity contribution in [2.45, 2.75) is 26.2 Å². The van der Waals surface area contributed by atoms with Gasteiger partial charge in [-0.3, -0.25) is 0 Å². The molecule has 0 amide bonds. The average molecular weight is 318 g/mol. The lowest BCUT2D eigenvalue weighted by Gasteiger charge is -2.15. The largest absolute Gasteiger partial charge is 0.496 e. The van der Waals surface area contributed by atoms with Crippen molar-refractivity contribution in [3.05, 3.63) is 53.1 Å². The SMILES string of the molecule is COc1cc(C(C)O)ccc1COc1ccc(CO)cc1OC. The molecule has 124 valence electrons. The van der Waals surface area contributed by atoms with Crippen LogP contribution in [0, 0.1) is 0 Å². The molecule has 2 aromatic rings. The second-order valence-electron chi connectivity index (χ2n) is 5.18. The molecule has 5 heteroatoms. The summed E-state index contributed by atoms with van der Waals surface area (Å²) in [5.41, 5.74) is 2.41. The van der Waals surface area contributed by atoms with Crippen molar-refractivity contribution in [3.63, 3.8) is 0 Å². The molecule has 2 aromatic carbocycles. The Kier molecular flexibility index (Phi) is 5.84. The zero-order chi connectivity index (χ0) is 16.8. The molecule has 0 saturated heterocycles. The summed E-state index contributed by atoms with van der Waals surface area (Å²) < 4.78 is 16.5. The van der Waals surface area contributed by atoms with Crippen LogP contribution < -0.4 is 14.2 Å². The summed E-state index contributed by atoms with van der Waals surface area (Å²) in [6.07, 6.45) is -0.551. The van der Waals surface area contributed by atoms with Crippen LogP contribution in [-0.4, -0.2) is 24.4 Å². The second-order valence-corrected chi connectivity index (χ2v) is 5.18. The van der Waals surface area contributed by atoms with E-state index < -0.39 is 6.10 Å². The van der Waals surface area contributed by atoms with Gasteiger partial charge < -0.3 is 24.4 Å². The fraction of sp³-hybridized carbons (Fsp3) is 0.333. The van der Waals surface area contributed by atoms with Crippen molar-refractivity contribution < 1.29 is 24.4 Å². The maximum atomic E-state index is 9.64. The molecule has 0 spiro atoms. The first-order chi connectivity index (χ1) is 11.1. The standard InChI is InChI=1S/C18H22O5/c1-12(20)14-5-6-15(17(9-14)21-2)11-23-16-7-4-13(10-19)8-18(16)22-3/h4-9,12,19-20H,10-11H2,1-3H3. The molecule has 0 bridgehead atoms. The molecule has 0 aliphatic carbocycles. The molecule has 0 radical (unpaired) electrons. The summed E-state index contributed by atoms with van der Waals surface area (Å²) in [4.78, 5) is 0. The zero-order valence-corrected chi connectivity index (χ0v) is 13.6. The van der Waals surface area contributed by atoms with E-state index in [0.29, 0.717) is 23.9 Å². The van der Waals surface area contributed by atoms with Crippen molar-refractivity contribution in [3.8, 4) is 17.2 Å². The molecule has 5 nitrogen and oxygen atoms in total. The van der Waals surface area contributed by atoms with Gasteiger partial charge in [0.25, 0.3) is 0 Å². The van der Waals surface area contributed by atoms with Crippen LogP contribution in [0.15, 0.2) is 36.4 Å². The fourth-order valence-corrected chi connectivity index (χ4v) is 2.23. The summed E-state index contributed by atoms with van der Waals surface area (Å²) in [6.45, 7) is 1.96. The molecule has 0 aromatic heterocycles. The Morgan fingerprint density at radius 3 is 2.30 bits per heavy atom. The Balaban J connectivity index is 2.17. The van der Waals surface area contributed by atoms with Gasteiger partial charge in [-0.2, -0.15) is 0 Å². The van der Waals surface area contributed by atoms with Crippen molar-refractivity contribution in [2.24, 2.45) is 0 Å². The van der Waals surface area contributed by atoms with Crippen LogP contribution in [-0.2, 0) is 13.2 Å². The van der Waals surface area contributed by atoms with Crippen LogP contribution in [0.25, 0.3) is 0 Å². The maximum Gasteiger partial charge on any atom is 0.161 e. The molecule has 2 rings (SSSR count). The van der Waals surface area contributed by atoms with Crippen LogP contribution >= 0.6 is 0 Å². The van der Waals surface area contributed by atoms with E-state index in [1.54, 1.807) is 45.4 Å². The van der Waals surface area contributed by atoms with E-state index >= 15 is 0 Å². The van der Waals surface area contributed by atoms with Gasteiger partial charge >= 0.3 is 0 Å². The van der Waals surface area contributed by atoms with Gasteiger partial charge in [-0.25, -0.2) is 0 Å². The lowest BCUT2D eigenvalue weighted by Crippen LogP contribution is -2.02. The van der Waals surface area contributed by atoms with E-state index in [-0.39, 0.29) is 6.61 Å². The molecule has 0 aliphatic heterocycles. The average Bonchev–Trinajstić information content (AvgIpc) is 2.59. The van der Waals surface area contributed by atoms with Gasteiger partial charge in [0.05, 0.1) is 26.9 Å². The number of hydrogen-bond acceptors (Lipinski definition) is 5. The molecule has 0 saturated carbocycles. The molecular formula is C18H22O5. The first-order valence-electron chi connectivity index (χ1n) is 7.34. The quantitative estimate of drug-likeness (QED) is 0.821. The predicted molar refractivity (Wildman–Crippen MR) is 86.9 cm³/mol. The van der Waals surface area contributed by atoms with Crippen LogP contribution in [0.3, 0.4) is 0 Å². The minimum atomic E-state index is -0.551. The van der Waals surface area contributed by atoms with Crippen molar-refractivity contribution in [1.82, 2.24) is 0 Å². The van der Waals surface area contributed by atoms with E-state index in [2.05, 4.69) is 0 Å². The third kappa shape index (κ3) is 4.15. The van der Waals surface area contributed by atoms with Gasteiger partial charge in [-0.05, 0) is 36.2 Å². The second kappa shape index (κ2) is 7.85. The lowest BCUT2D eigenvalue weighted by atomic mass is 10.1. The summed E-state index contributed by atoms with van der Waals surface area (Å²) in [5.74, 6) is 1.82. The monoisotopic (exact) mass is 318 g/mol. The normalized spacial score (nSPS) is 11.9. The Hall–Kier alpha value is -2.24. The Morgan fingerprint density at radius 2 is 1.70 bits per heavy atom. The highest BCUT2D eigenvalue weighted by Gasteiger charge is 2.10. The number of methoxy groups -OCH3 is 2. The van der Waals surface area contributed by atoms with Gasteiger partial charge in [-0.1, -0.05) is 18.2 Å². The Bertz CT molecular complexity index is 652. The van der Waals surface area contributed by atoms with Crippen LogP contribution in [0.1, 0.15) is 29.7 Å². The topological polar surface area (TPSA) is 68.2 Å². The van der Waals surface area contributed by atoms with Gasteiger partial charge in [0.2, 0.25) is 0 Å². The van der Waals surface area contributed by atoms with Gasteiger partial charge in [-0.15, -0.1) is 0 Å². The number of ether oxygens (including phenoxy) is 3. The number of rotatable bonds is 7. The molecule has 1 unspecified atom stereocenters. The van der Waals surface area contributed by atoms with E-state index in [0.717, 1.165) is 16.7 Å². The van der Waals surface area contributed by atoms with Gasteiger partial charge in [0.1, 0.15) is 12.4 Å². The predicted octanol–water partition coefficient (Wildman–Crippen LogP) is 2.83. The van der Waals surface area contributed by atoms with Crippen LogP contribution in [0.4, 0.5) is 0 Å². The summed E-state index contributed by atoms with van der Waals surface area (Å²) in [7, 11) is 3.14. The van der Waals surface area contributed by atoms with Crippen LogP contribution in [0.5, 0.6) is 17.2 Å². The third-order valence-corrected chi connectivity index (χ3v) is 3.59.